The summed E-state index contributed by atoms with van der Waals surface area (Å²) in [7, 11) is 1.28. The molecule has 19 heavy (non-hydrogen) atoms. The number of esters is 1. The number of benzene rings is 1. The lowest BCUT2D eigenvalue weighted by molar-refractivity contribution is 0.0599. The van der Waals surface area contributed by atoms with Crippen LogP contribution in [0.4, 0.5) is 4.39 Å². The van der Waals surface area contributed by atoms with Crippen molar-refractivity contribution < 1.29 is 13.9 Å². The van der Waals surface area contributed by atoms with Gasteiger partial charge < -0.3 is 4.74 Å². The fourth-order valence-electron chi connectivity index (χ4n) is 1.56. The van der Waals surface area contributed by atoms with Gasteiger partial charge in [-0.25, -0.2) is 14.2 Å². The highest BCUT2D eigenvalue weighted by atomic mass is 32.2. The highest BCUT2D eigenvalue weighted by Crippen LogP contribution is 2.23. The van der Waals surface area contributed by atoms with E-state index in [1.165, 1.54) is 31.0 Å². The van der Waals surface area contributed by atoms with Crippen LogP contribution in [0.2, 0.25) is 0 Å². The molecule has 0 amide bonds. The fourth-order valence-corrected chi connectivity index (χ4v) is 2.42. The third-order valence-corrected chi connectivity index (χ3v) is 3.48. The van der Waals surface area contributed by atoms with Crippen LogP contribution < -0.4 is 0 Å². The Balaban J connectivity index is 2.18. The van der Waals surface area contributed by atoms with Crippen molar-refractivity contribution in [1.82, 2.24) is 4.98 Å². The number of carbonyl (C=O) groups is 1. The normalized spacial score (nSPS) is 10.2. The Bertz CT molecular complexity index is 575. The van der Waals surface area contributed by atoms with Gasteiger partial charge in [0.15, 0.2) is 0 Å². The lowest BCUT2D eigenvalue weighted by Gasteiger charge is -2.07. The zero-order chi connectivity index (χ0) is 13.7. The van der Waals surface area contributed by atoms with E-state index >= 15 is 0 Å². The maximum atomic E-state index is 13.2. The molecule has 1 aromatic heterocycles. The first-order valence-corrected chi connectivity index (χ1v) is 6.60. The summed E-state index contributed by atoms with van der Waals surface area (Å²) in [6.07, 6.45) is 1.70. The minimum atomic E-state index is -0.531. The third-order valence-electron chi connectivity index (χ3n) is 2.49. The Morgan fingerprint density at radius 2 is 2.21 bits per heavy atom. The van der Waals surface area contributed by atoms with E-state index in [0.717, 1.165) is 10.6 Å². The van der Waals surface area contributed by atoms with Crippen LogP contribution in [0, 0.1) is 5.82 Å². The van der Waals surface area contributed by atoms with Crippen LogP contribution in [0.1, 0.15) is 15.9 Å². The van der Waals surface area contributed by atoms with E-state index in [-0.39, 0.29) is 5.56 Å². The molecule has 0 aliphatic heterocycles. The van der Waals surface area contributed by atoms with Crippen LogP contribution in [0.5, 0.6) is 0 Å². The standard InChI is InChI=1S/C14H12FNO2S/c1-18-14(17)12-8-11(15)6-5-10(12)9-19-13-4-2-3-7-16-13/h2-8H,9H2,1H3. The lowest BCUT2D eigenvalue weighted by Crippen LogP contribution is -2.05. The first-order chi connectivity index (χ1) is 9.20. The molecular formula is C14H12FNO2S. The number of hydrogen-bond acceptors (Lipinski definition) is 4. The average molecular weight is 277 g/mol. The second-order valence-corrected chi connectivity index (χ2v) is 4.75. The van der Waals surface area contributed by atoms with Crippen molar-refractivity contribution in [2.75, 3.05) is 7.11 Å². The van der Waals surface area contributed by atoms with Gasteiger partial charge >= 0.3 is 5.97 Å². The van der Waals surface area contributed by atoms with E-state index in [0.29, 0.717) is 5.75 Å². The highest BCUT2D eigenvalue weighted by Gasteiger charge is 2.13. The van der Waals surface area contributed by atoms with Gasteiger partial charge in [-0.15, -0.1) is 11.8 Å². The summed E-state index contributed by atoms with van der Waals surface area (Å²) in [5, 5.41) is 0.850. The van der Waals surface area contributed by atoms with Crippen LogP contribution in [-0.4, -0.2) is 18.1 Å². The second kappa shape index (κ2) is 6.33. The maximum absolute atomic E-state index is 13.2. The van der Waals surface area contributed by atoms with E-state index in [2.05, 4.69) is 9.72 Å². The predicted molar refractivity (Wildman–Crippen MR) is 71.5 cm³/mol. The molecule has 2 aromatic rings. The summed E-state index contributed by atoms with van der Waals surface area (Å²) in [6.45, 7) is 0. The topological polar surface area (TPSA) is 39.2 Å². The molecule has 0 fully saturated rings. The minimum Gasteiger partial charge on any atom is -0.465 e. The largest absolute Gasteiger partial charge is 0.465 e. The smallest absolute Gasteiger partial charge is 0.338 e. The van der Waals surface area contributed by atoms with Crippen LogP contribution >= 0.6 is 11.8 Å². The van der Waals surface area contributed by atoms with Gasteiger partial charge in [0.2, 0.25) is 0 Å². The molecule has 0 saturated heterocycles. The molecule has 0 N–H and O–H groups in total. The molecule has 0 unspecified atom stereocenters. The summed E-state index contributed by atoms with van der Waals surface area (Å²) in [5.74, 6) is -0.454. The zero-order valence-corrected chi connectivity index (χ0v) is 11.1. The Labute approximate surface area is 114 Å². The van der Waals surface area contributed by atoms with Gasteiger partial charge in [-0.05, 0) is 29.8 Å². The van der Waals surface area contributed by atoms with Crippen molar-refractivity contribution in [2.45, 2.75) is 10.8 Å². The van der Waals surface area contributed by atoms with Gasteiger partial charge in [-0.1, -0.05) is 12.1 Å². The Morgan fingerprint density at radius 1 is 1.37 bits per heavy atom. The first-order valence-electron chi connectivity index (χ1n) is 5.61. The molecule has 0 bridgehead atoms. The van der Waals surface area contributed by atoms with Crippen molar-refractivity contribution >= 4 is 17.7 Å². The number of halogens is 1. The molecule has 98 valence electrons. The molecule has 1 aromatic carbocycles. The number of nitrogens with zero attached hydrogens (tertiary/aromatic N) is 1. The third kappa shape index (κ3) is 3.54. The predicted octanol–water partition coefficient (Wildman–Crippen LogP) is 3.30. The number of methoxy groups -OCH3 is 1. The van der Waals surface area contributed by atoms with Gasteiger partial charge in [0.1, 0.15) is 5.82 Å². The van der Waals surface area contributed by atoms with E-state index in [1.807, 2.05) is 18.2 Å². The molecule has 0 aliphatic carbocycles. The van der Waals surface area contributed by atoms with Crippen LogP contribution in [0.15, 0.2) is 47.6 Å². The van der Waals surface area contributed by atoms with Crippen LogP contribution in [0.25, 0.3) is 0 Å². The summed E-state index contributed by atoms with van der Waals surface area (Å²) < 4.78 is 17.8. The Kier molecular flexibility index (Phi) is 4.52. The van der Waals surface area contributed by atoms with Gasteiger partial charge in [0, 0.05) is 11.9 Å². The monoisotopic (exact) mass is 277 g/mol. The van der Waals surface area contributed by atoms with Crippen molar-refractivity contribution in [3.05, 3.63) is 59.5 Å². The van der Waals surface area contributed by atoms with Crippen molar-refractivity contribution in [3.8, 4) is 0 Å². The first kappa shape index (κ1) is 13.5. The van der Waals surface area contributed by atoms with E-state index in [1.54, 1.807) is 12.3 Å². The SMILES string of the molecule is COC(=O)c1cc(F)ccc1CSc1ccccn1. The minimum absolute atomic E-state index is 0.255. The van der Waals surface area contributed by atoms with E-state index < -0.39 is 11.8 Å². The van der Waals surface area contributed by atoms with Gasteiger partial charge in [0.05, 0.1) is 17.7 Å². The Morgan fingerprint density at radius 3 is 2.89 bits per heavy atom. The molecule has 0 spiro atoms. The molecule has 2 rings (SSSR count). The van der Waals surface area contributed by atoms with Crippen molar-refractivity contribution in [3.63, 3.8) is 0 Å². The van der Waals surface area contributed by atoms with Gasteiger partial charge in [-0.3, -0.25) is 0 Å². The molecule has 0 atom stereocenters. The average Bonchev–Trinajstić information content (AvgIpc) is 2.46. The number of hydrogen-bond donors (Lipinski definition) is 0. The Hall–Kier alpha value is -1.88. The number of aromatic nitrogens is 1. The van der Waals surface area contributed by atoms with Gasteiger partial charge in [-0.2, -0.15) is 0 Å². The van der Waals surface area contributed by atoms with Gasteiger partial charge in [0.25, 0.3) is 0 Å². The summed E-state index contributed by atoms with van der Waals surface area (Å²) in [6, 6.07) is 9.73. The molecule has 5 heteroatoms. The highest BCUT2D eigenvalue weighted by molar-refractivity contribution is 7.98. The van der Waals surface area contributed by atoms with Crippen molar-refractivity contribution in [2.24, 2.45) is 0 Å². The summed E-state index contributed by atoms with van der Waals surface area (Å²) >= 11 is 1.48. The molecular weight excluding hydrogens is 265 g/mol. The molecule has 0 radical (unpaired) electrons. The zero-order valence-electron chi connectivity index (χ0n) is 10.3. The number of ether oxygens (including phenoxy) is 1. The molecule has 0 saturated carbocycles. The van der Waals surface area contributed by atoms with E-state index in [9.17, 15) is 9.18 Å². The van der Waals surface area contributed by atoms with Crippen LogP contribution in [-0.2, 0) is 10.5 Å². The molecule has 1 heterocycles. The number of thioether (sulfide) groups is 1. The number of carbonyl (C=O) groups excluding carboxylic acids is 1. The molecule has 3 nitrogen and oxygen atoms in total. The van der Waals surface area contributed by atoms with E-state index in [4.69, 9.17) is 0 Å². The fraction of sp³-hybridized carbons (Fsp3) is 0.143. The number of pyridine rings is 1. The molecule has 0 aliphatic rings. The van der Waals surface area contributed by atoms with Crippen LogP contribution in [0.3, 0.4) is 0 Å². The summed E-state index contributed by atoms with van der Waals surface area (Å²) in [5.41, 5.74) is 0.981. The quantitative estimate of drug-likeness (QED) is 0.635. The maximum Gasteiger partial charge on any atom is 0.338 e. The number of rotatable bonds is 4. The summed E-state index contributed by atoms with van der Waals surface area (Å²) in [4.78, 5) is 15.8. The van der Waals surface area contributed by atoms with Crippen molar-refractivity contribution in [1.29, 1.82) is 0 Å². The second-order valence-electron chi connectivity index (χ2n) is 3.75. The lowest BCUT2D eigenvalue weighted by atomic mass is 10.1.